The lowest BCUT2D eigenvalue weighted by Gasteiger charge is -2.29. The van der Waals surface area contributed by atoms with Crippen LogP contribution in [0.2, 0.25) is 0 Å². The Morgan fingerprint density at radius 1 is 1.06 bits per heavy atom. The van der Waals surface area contributed by atoms with E-state index >= 15 is 0 Å². The second kappa shape index (κ2) is 9.64. The molecule has 3 aromatic rings. The molecule has 8 heteroatoms. The van der Waals surface area contributed by atoms with Crippen LogP contribution in [0.15, 0.2) is 51.7 Å². The van der Waals surface area contributed by atoms with Gasteiger partial charge in [0.05, 0.1) is 42.9 Å². The number of carbonyl (C=O) groups excluding carboxylic acids is 2. The molecular weight excluding hydrogens is 448 g/mol. The van der Waals surface area contributed by atoms with Crippen LogP contribution in [0, 0.1) is 6.92 Å². The van der Waals surface area contributed by atoms with Crippen LogP contribution in [-0.4, -0.2) is 68.2 Å². The topological polar surface area (TPSA) is 89.3 Å². The van der Waals surface area contributed by atoms with Crippen LogP contribution in [0.5, 0.6) is 0 Å². The Morgan fingerprint density at radius 2 is 1.80 bits per heavy atom. The number of morpholine rings is 1. The van der Waals surface area contributed by atoms with Crippen LogP contribution in [-0.2, 0) is 9.47 Å². The standard InChI is InChI=1S/C27H28N2O6/c1-17-4-9-21-20(16-17)24(30)22-23(18-5-7-19(8-6-18)27(32)33-2)29(26(31)25(22)35-21)11-3-10-28-12-14-34-15-13-28/h4-9,16,23H,3,10-15H2,1-2H3/t23-/m1/s1. The number of esters is 1. The van der Waals surface area contributed by atoms with E-state index in [1.54, 1.807) is 41.3 Å². The summed E-state index contributed by atoms with van der Waals surface area (Å²) in [7, 11) is 1.33. The molecule has 1 atom stereocenters. The molecule has 1 aromatic heterocycles. The molecule has 0 bridgehead atoms. The van der Waals surface area contributed by atoms with Gasteiger partial charge in [-0.25, -0.2) is 4.79 Å². The van der Waals surface area contributed by atoms with Gasteiger partial charge in [0, 0.05) is 26.2 Å². The van der Waals surface area contributed by atoms with E-state index in [2.05, 4.69) is 4.90 Å². The number of nitrogens with zero attached hydrogens (tertiary/aromatic N) is 2. The van der Waals surface area contributed by atoms with E-state index in [9.17, 15) is 14.4 Å². The van der Waals surface area contributed by atoms with Gasteiger partial charge in [-0.15, -0.1) is 0 Å². The maximum atomic E-state index is 13.7. The van der Waals surface area contributed by atoms with Gasteiger partial charge in [-0.3, -0.25) is 14.5 Å². The highest BCUT2D eigenvalue weighted by molar-refractivity contribution is 5.99. The summed E-state index contributed by atoms with van der Waals surface area (Å²) in [5.74, 6) is -0.633. The van der Waals surface area contributed by atoms with Crippen molar-refractivity contribution in [1.29, 1.82) is 0 Å². The lowest BCUT2D eigenvalue weighted by atomic mass is 9.97. The summed E-state index contributed by atoms with van der Waals surface area (Å²) < 4.78 is 16.2. The van der Waals surface area contributed by atoms with Crippen molar-refractivity contribution in [3.8, 4) is 0 Å². The Morgan fingerprint density at radius 3 is 2.51 bits per heavy atom. The van der Waals surface area contributed by atoms with E-state index in [0.717, 1.165) is 37.2 Å². The van der Waals surface area contributed by atoms with Crippen molar-refractivity contribution in [2.45, 2.75) is 19.4 Å². The van der Waals surface area contributed by atoms with Crippen molar-refractivity contribution in [3.63, 3.8) is 0 Å². The van der Waals surface area contributed by atoms with Gasteiger partial charge < -0.3 is 18.8 Å². The molecule has 0 N–H and O–H groups in total. The molecule has 0 unspecified atom stereocenters. The van der Waals surface area contributed by atoms with Gasteiger partial charge >= 0.3 is 5.97 Å². The number of hydrogen-bond donors (Lipinski definition) is 0. The van der Waals surface area contributed by atoms with Crippen molar-refractivity contribution in [3.05, 3.63) is 80.7 Å². The highest BCUT2D eigenvalue weighted by Crippen LogP contribution is 2.38. The quantitative estimate of drug-likeness (QED) is 0.505. The Labute approximate surface area is 203 Å². The van der Waals surface area contributed by atoms with Gasteiger partial charge in [-0.05, 0) is 43.2 Å². The Bertz CT molecular complexity index is 1320. The molecule has 0 saturated carbocycles. The summed E-state index contributed by atoms with van der Waals surface area (Å²) in [5.41, 5.74) is 2.65. The first-order valence-corrected chi connectivity index (χ1v) is 11.8. The Hall–Kier alpha value is -3.49. The number of amides is 1. The van der Waals surface area contributed by atoms with Gasteiger partial charge in [0.1, 0.15) is 5.58 Å². The highest BCUT2D eigenvalue weighted by Gasteiger charge is 2.42. The molecule has 1 saturated heterocycles. The fraction of sp³-hybridized carbons (Fsp3) is 0.370. The first-order chi connectivity index (χ1) is 17.0. The first-order valence-electron chi connectivity index (χ1n) is 11.8. The monoisotopic (exact) mass is 476 g/mol. The Kier molecular flexibility index (Phi) is 6.40. The van der Waals surface area contributed by atoms with Crippen LogP contribution in [0.3, 0.4) is 0 Å². The number of methoxy groups -OCH3 is 1. The third-order valence-electron chi connectivity index (χ3n) is 6.75. The second-order valence-electron chi connectivity index (χ2n) is 9.00. The van der Waals surface area contributed by atoms with E-state index < -0.39 is 12.0 Å². The number of ether oxygens (including phenoxy) is 2. The Balaban J connectivity index is 1.53. The number of carbonyl (C=O) groups is 2. The van der Waals surface area contributed by atoms with Crippen molar-refractivity contribution in [2.75, 3.05) is 46.5 Å². The van der Waals surface area contributed by atoms with E-state index in [0.29, 0.717) is 41.9 Å². The molecule has 0 aliphatic carbocycles. The number of rotatable bonds is 6. The van der Waals surface area contributed by atoms with Crippen molar-refractivity contribution < 1.29 is 23.5 Å². The van der Waals surface area contributed by atoms with Gasteiger partial charge in [-0.1, -0.05) is 23.8 Å². The molecular formula is C27H28N2O6. The minimum atomic E-state index is -0.588. The number of aryl methyl sites for hydroxylation is 1. The zero-order chi connectivity index (χ0) is 24.5. The summed E-state index contributed by atoms with van der Waals surface area (Å²) in [6.45, 7) is 6.40. The van der Waals surface area contributed by atoms with Crippen molar-refractivity contribution >= 4 is 22.8 Å². The van der Waals surface area contributed by atoms with Crippen LogP contribution >= 0.6 is 0 Å². The fourth-order valence-corrected chi connectivity index (χ4v) is 4.92. The maximum absolute atomic E-state index is 13.7. The third-order valence-corrected chi connectivity index (χ3v) is 6.75. The number of hydrogen-bond acceptors (Lipinski definition) is 7. The molecule has 1 amide bonds. The third kappa shape index (κ3) is 4.35. The molecule has 0 radical (unpaired) electrons. The average molecular weight is 477 g/mol. The lowest BCUT2D eigenvalue weighted by Crippen LogP contribution is -2.38. The zero-order valence-electron chi connectivity index (χ0n) is 19.9. The number of fused-ring (bicyclic) bond motifs is 2. The zero-order valence-corrected chi connectivity index (χ0v) is 19.9. The molecule has 5 rings (SSSR count). The van der Waals surface area contributed by atoms with Gasteiger partial charge in [0.15, 0.2) is 5.43 Å². The van der Waals surface area contributed by atoms with Crippen LogP contribution < -0.4 is 5.43 Å². The van der Waals surface area contributed by atoms with E-state index in [4.69, 9.17) is 13.9 Å². The molecule has 0 spiro atoms. The maximum Gasteiger partial charge on any atom is 0.337 e. The minimum Gasteiger partial charge on any atom is -0.465 e. The smallest absolute Gasteiger partial charge is 0.337 e. The van der Waals surface area contributed by atoms with E-state index in [1.165, 1.54) is 7.11 Å². The predicted molar refractivity (Wildman–Crippen MR) is 130 cm³/mol. The molecule has 3 heterocycles. The molecule has 1 fully saturated rings. The van der Waals surface area contributed by atoms with Crippen molar-refractivity contribution in [2.24, 2.45) is 0 Å². The normalized spacial score (nSPS) is 18.2. The van der Waals surface area contributed by atoms with Crippen molar-refractivity contribution in [1.82, 2.24) is 9.80 Å². The van der Waals surface area contributed by atoms with E-state index in [1.807, 2.05) is 13.0 Å². The second-order valence-corrected chi connectivity index (χ2v) is 9.00. The average Bonchev–Trinajstić information content (AvgIpc) is 3.16. The molecule has 35 heavy (non-hydrogen) atoms. The van der Waals surface area contributed by atoms with Crippen LogP contribution in [0.4, 0.5) is 0 Å². The highest BCUT2D eigenvalue weighted by atomic mass is 16.5. The summed E-state index contributed by atoms with van der Waals surface area (Å²) in [6, 6.07) is 11.7. The lowest BCUT2D eigenvalue weighted by molar-refractivity contribution is 0.0353. The molecule has 182 valence electrons. The fourth-order valence-electron chi connectivity index (χ4n) is 4.92. The van der Waals surface area contributed by atoms with Gasteiger partial charge in [-0.2, -0.15) is 0 Å². The number of benzene rings is 2. The predicted octanol–water partition coefficient (Wildman–Crippen LogP) is 3.16. The summed E-state index contributed by atoms with van der Waals surface area (Å²) in [5, 5.41) is 0.461. The molecule has 2 aromatic carbocycles. The molecule has 8 nitrogen and oxygen atoms in total. The summed E-state index contributed by atoms with van der Waals surface area (Å²) in [6.07, 6.45) is 0.753. The van der Waals surface area contributed by atoms with Gasteiger partial charge in [0.25, 0.3) is 5.91 Å². The van der Waals surface area contributed by atoms with Crippen LogP contribution in [0.25, 0.3) is 11.0 Å². The first kappa shape index (κ1) is 23.3. The largest absolute Gasteiger partial charge is 0.465 e. The van der Waals surface area contributed by atoms with Gasteiger partial charge in [0.2, 0.25) is 5.76 Å². The SMILES string of the molecule is COC(=O)c1ccc([C@@H]2c3c(oc4ccc(C)cc4c3=O)C(=O)N2CCCN2CCOCC2)cc1. The summed E-state index contributed by atoms with van der Waals surface area (Å²) >= 11 is 0. The van der Waals surface area contributed by atoms with E-state index in [-0.39, 0.29) is 17.1 Å². The molecule has 2 aliphatic heterocycles. The molecule has 2 aliphatic rings. The van der Waals surface area contributed by atoms with Crippen LogP contribution in [0.1, 0.15) is 50.1 Å². The minimum absolute atomic E-state index is 0.0970. The summed E-state index contributed by atoms with van der Waals surface area (Å²) in [4.78, 5) is 43.1.